The summed E-state index contributed by atoms with van der Waals surface area (Å²) in [6, 6.07) is 0.0798. The Morgan fingerprint density at radius 1 is 1.33 bits per heavy atom. The molecule has 152 valence electrons. The minimum atomic E-state index is -0.535. The molecule has 0 radical (unpaired) electrons. The highest BCUT2D eigenvalue weighted by molar-refractivity contribution is 5.79. The van der Waals surface area contributed by atoms with Crippen LogP contribution in [0.5, 0.6) is 0 Å². The Kier molecular flexibility index (Phi) is 11.5. The standard InChI is InChI=1S/C22H35NO4/c1-4-5-8-11-18(2)20(24)15-13-19-14-16-21(25)23(19)17-10-7-6-9-12-22(26)27-3/h13,15,18-20,24H,4,6-7,9-12,14,16-17H2,1-3H3/b15-13+/t18-,19?,20-/m1/s1. The summed E-state index contributed by atoms with van der Waals surface area (Å²) >= 11 is 0. The summed E-state index contributed by atoms with van der Waals surface area (Å²) in [5.74, 6) is 6.22. The van der Waals surface area contributed by atoms with Crippen molar-refractivity contribution in [2.75, 3.05) is 13.7 Å². The fraction of sp³-hybridized carbons (Fsp3) is 0.727. The minimum Gasteiger partial charge on any atom is -0.469 e. The van der Waals surface area contributed by atoms with Gasteiger partial charge in [0.1, 0.15) is 0 Å². The van der Waals surface area contributed by atoms with Crippen molar-refractivity contribution in [2.24, 2.45) is 5.92 Å². The number of rotatable bonds is 11. The number of aliphatic hydroxyl groups is 1. The zero-order chi connectivity index (χ0) is 20.1. The van der Waals surface area contributed by atoms with Crippen LogP contribution in [0.1, 0.15) is 71.6 Å². The number of methoxy groups -OCH3 is 1. The van der Waals surface area contributed by atoms with E-state index in [4.69, 9.17) is 0 Å². The monoisotopic (exact) mass is 377 g/mol. The van der Waals surface area contributed by atoms with E-state index in [2.05, 4.69) is 16.6 Å². The molecule has 1 saturated heterocycles. The van der Waals surface area contributed by atoms with Crippen LogP contribution in [0.4, 0.5) is 0 Å². The van der Waals surface area contributed by atoms with Gasteiger partial charge in [0, 0.05) is 32.2 Å². The lowest BCUT2D eigenvalue weighted by Gasteiger charge is -2.23. The van der Waals surface area contributed by atoms with E-state index in [1.54, 1.807) is 0 Å². The van der Waals surface area contributed by atoms with Gasteiger partial charge in [-0.3, -0.25) is 9.59 Å². The average molecular weight is 378 g/mol. The smallest absolute Gasteiger partial charge is 0.305 e. The molecule has 0 saturated carbocycles. The molecule has 0 aromatic rings. The Balaban J connectivity index is 2.37. The summed E-state index contributed by atoms with van der Waals surface area (Å²) in [4.78, 5) is 25.1. The third-order valence-electron chi connectivity index (χ3n) is 4.97. The zero-order valence-electron chi connectivity index (χ0n) is 17.1. The molecule has 1 fully saturated rings. The van der Waals surface area contributed by atoms with E-state index >= 15 is 0 Å². The van der Waals surface area contributed by atoms with E-state index in [1.807, 2.05) is 30.9 Å². The summed E-state index contributed by atoms with van der Waals surface area (Å²) < 4.78 is 4.63. The lowest BCUT2D eigenvalue weighted by molar-refractivity contribution is -0.140. The summed E-state index contributed by atoms with van der Waals surface area (Å²) in [5.41, 5.74) is 0. The largest absolute Gasteiger partial charge is 0.469 e. The maximum atomic E-state index is 12.1. The van der Waals surface area contributed by atoms with Crippen LogP contribution >= 0.6 is 0 Å². The molecule has 0 aromatic heterocycles. The van der Waals surface area contributed by atoms with E-state index in [9.17, 15) is 14.7 Å². The van der Waals surface area contributed by atoms with E-state index in [0.717, 1.165) is 45.1 Å². The van der Waals surface area contributed by atoms with E-state index < -0.39 is 6.10 Å². The first-order valence-corrected chi connectivity index (χ1v) is 10.2. The number of likely N-dealkylation sites (tertiary alicyclic amines) is 1. The number of carbonyl (C=O) groups excluding carboxylic acids is 2. The first-order valence-electron chi connectivity index (χ1n) is 10.2. The molecule has 0 spiro atoms. The third kappa shape index (κ3) is 9.10. The summed E-state index contributed by atoms with van der Waals surface area (Å²) in [6.07, 6.45) is 10.4. The SMILES string of the molecule is CCC#CC[C@@H](C)[C@H](O)/C=C/C1CCC(=O)N1CCCCCCC(=O)OC. The van der Waals surface area contributed by atoms with E-state index in [0.29, 0.717) is 19.3 Å². The van der Waals surface area contributed by atoms with E-state index in [-0.39, 0.29) is 23.8 Å². The molecule has 27 heavy (non-hydrogen) atoms. The van der Waals surface area contributed by atoms with Crippen LogP contribution in [0.2, 0.25) is 0 Å². The molecule has 0 aliphatic carbocycles. The van der Waals surface area contributed by atoms with Crippen LogP contribution < -0.4 is 0 Å². The Morgan fingerprint density at radius 3 is 2.78 bits per heavy atom. The topological polar surface area (TPSA) is 66.8 Å². The van der Waals surface area contributed by atoms with Gasteiger partial charge < -0.3 is 14.7 Å². The normalized spacial score (nSPS) is 19.0. The summed E-state index contributed by atoms with van der Waals surface area (Å²) in [7, 11) is 1.41. The van der Waals surface area contributed by atoms with Crippen LogP contribution in [-0.2, 0) is 14.3 Å². The molecule has 0 aromatic carbocycles. The number of amides is 1. The van der Waals surface area contributed by atoms with Gasteiger partial charge in [-0.2, -0.15) is 0 Å². The van der Waals surface area contributed by atoms with Gasteiger partial charge in [-0.25, -0.2) is 0 Å². The predicted octanol–water partition coefficient (Wildman–Crippen LogP) is 3.46. The number of hydrogen-bond donors (Lipinski definition) is 1. The zero-order valence-corrected chi connectivity index (χ0v) is 17.1. The van der Waals surface area contributed by atoms with Gasteiger partial charge in [-0.05, 0) is 25.2 Å². The number of esters is 1. The predicted molar refractivity (Wildman–Crippen MR) is 107 cm³/mol. The van der Waals surface area contributed by atoms with Crippen LogP contribution in [-0.4, -0.2) is 47.7 Å². The van der Waals surface area contributed by atoms with Crippen molar-refractivity contribution in [2.45, 2.75) is 83.8 Å². The fourth-order valence-electron chi connectivity index (χ4n) is 3.16. The molecular weight excluding hydrogens is 342 g/mol. The number of nitrogens with zero attached hydrogens (tertiary/aromatic N) is 1. The second kappa shape index (κ2) is 13.4. The number of ether oxygens (including phenoxy) is 1. The molecule has 5 nitrogen and oxygen atoms in total. The van der Waals surface area contributed by atoms with Crippen molar-refractivity contribution in [1.82, 2.24) is 4.90 Å². The number of hydrogen-bond acceptors (Lipinski definition) is 4. The molecule has 1 aliphatic heterocycles. The first-order chi connectivity index (χ1) is 13.0. The molecule has 1 rings (SSSR count). The Bertz CT molecular complexity index is 546. The Labute approximate surface area is 164 Å². The maximum Gasteiger partial charge on any atom is 0.305 e. The highest BCUT2D eigenvalue weighted by atomic mass is 16.5. The van der Waals surface area contributed by atoms with Crippen molar-refractivity contribution in [3.63, 3.8) is 0 Å². The number of unbranched alkanes of at least 4 members (excludes halogenated alkanes) is 3. The molecule has 1 unspecified atom stereocenters. The van der Waals surface area contributed by atoms with Gasteiger partial charge in [0.15, 0.2) is 0 Å². The van der Waals surface area contributed by atoms with Gasteiger partial charge in [-0.15, -0.1) is 11.8 Å². The molecule has 1 heterocycles. The van der Waals surface area contributed by atoms with E-state index in [1.165, 1.54) is 7.11 Å². The quantitative estimate of drug-likeness (QED) is 0.259. The maximum absolute atomic E-state index is 12.1. The summed E-state index contributed by atoms with van der Waals surface area (Å²) in [5, 5.41) is 10.3. The van der Waals surface area contributed by atoms with Crippen molar-refractivity contribution in [1.29, 1.82) is 0 Å². The van der Waals surface area contributed by atoms with Gasteiger partial charge in [-0.1, -0.05) is 38.8 Å². The van der Waals surface area contributed by atoms with Crippen LogP contribution in [0.25, 0.3) is 0 Å². The second-order valence-electron chi connectivity index (χ2n) is 7.20. The van der Waals surface area contributed by atoms with Crippen molar-refractivity contribution < 1.29 is 19.4 Å². The van der Waals surface area contributed by atoms with Crippen LogP contribution in [0, 0.1) is 17.8 Å². The summed E-state index contributed by atoms with van der Waals surface area (Å²) in [6.45, 7) is 4.74. The Hall–Kier alpha value is -1.80. The number of carbonyl (C=O) groups is 2. The molecular formula is C22H35NO4. The van der Waals surface area contributed by atoms with Gasteiger partial charge in [0.25, 0.3) is 0 Å². The lowest BCUT2D eigenvalue weighted by atomic mass is 10.00. The van der Waals surface area contributed by atoms with Crippen LogP contribution in [0.3, 0.4) is 0 Å². The first kappa shape index (κ1) is 23.2. The third-order valence-corrected chi connectivity index (χ3v) is 4.97. The number of aliphatic hydroxyl groups excluding tert-OH is 1. The fourth-order valence-corrected chi connectivity index (χ4v) is 3.16. The lowest BCUT2D eigenvalue weighted by Crippen LogP contribution is -2.33. The molecule has 1 amide bonds. The average Bonchev–Trinajstić information content (AvgIpc) is 3.02. The molecule has 5 heteroatoms. The highest BCUT2D eigenvalue weighted by Crippen LogP contribution is 2.22. The van der Waals surface area contributed by atoms with Gasteiger partial charge in [0.05, 0.1) is 19.3 Å². The molecule has 1 N–H and O–H groups in total. The van der Waals surface area contributed by atoms with Gasteiger partial charge in [0.2, 0.25) is 5.91 Å². The molecule has 1 aliphatic rings. The van der Waals surface area contributed by atoms with Crippen LogP contribution in [0.15, 0.2) is 12.2 Å². The minimum absolute atomic E-state index is 0.0798. The van der Waals surface area contributed by atoms with Crippen molar-refractivity contribution in [3.8, 4) is 11.8 Å². The van der Waals surface area contributed by atoms with Crippen molar-refractivity contribution in [3.05, 3.63) is 12.2 Å². The second-order valence-corrected chi connectivity index (χ2v) is 7.20. The highest BCUT2D eigenvalue weighted by Gasteiger charge is 2.28. The molecule has 0 bridgehead atoms. The molecule has 3 atom stereocenters. The van der Waals surface area contributed by atoms with Crippen molar-refractivity contribution >= 4 is 11.9 Å². The van der Waals surface area contributed by atoms with Gasteiger partial charge >= 0.3 is 5.97 Å². The Morgan fingerprint density at radius 2 is 2.07 bits per heavy atom.